The predicted molar refractivity (Wildman–Crippen MR) is 92.1 cm³/mol. The lowest BCUT2D eigenvalue weighted by molar-refractivity contribution is -0.136. The number of urea groups is 1. The first-order chi connectivity index (χ1) is 12.9. The predicted octanol–water partition coefficient (Wildman–Crippen LogP) is 3.90. The van der Waals surface area contributed by atoms with E-state index in [1.54, 1.807) is 0 Å². The summed E-state index contributed by atoms with van der Waals surface area (Å²) in [7, 11) is 0. The fourth-order valence-electron chi connectivity index (χ4n) is 3.45. The SMILES string of the molecule is O=C(NCc1c2c(cc3c1OCC3)OCC2)Nc1ccccc1C(F)(F)F. The molecule has 2 aliphatic rings. The highest BCUT2D eigenvalue weighted by atomic mass is 19.4. The fraction of sp³-hybridized carbons (Fsp3) is 0.316. The molecule has 0 saturated heterocycles. The summed E-state index contributed by atoms with van der Waals surface area (Å²) in [5.41, 5.74) is 1.66. The third kappa shape index (κ3) is 3.39. The molecular weight excluding hydrogens is 361 g/mol. The first-order valence-corrected chi connectivity index (χ1v) is 8.58. The number of carbonyl (C=O) groups excluding carboxylic acids is 1. The Kier molecular flexibility index (Phi) is 4.33. The first kappa shape index (κ1) is 17.5. The summed E-state index contributed by atoms with van der Waals surface area (Å²) < 4.78 is 50.4. The summed E-state index contributed by atoms with van der Waals surface area (Å²) in [5, 5.41) is 4.91. The van der Waals surface area contributed by atoms with Crippen LogP contribution in [0.4, 0.5) is 23.7 Å². The second-order valence-electron chi connectivity index (χ2n) is 6.37. The molecule has 2 amide bonds. The zero-order valence-corrected chi connectivity index (χ0v) is 14.3. The van der Waals surface area contributed by atoms with Crippen molar-refractivity contribution < 1.29 is 27.4 Å². The van der Waals surface area contributed by atoms with Gasteiger partial charge in [-0.15, -0.1) is 0 Å². The molecular formula is C19H17F3N2O3. The number of rotatable bonds is 3. The van der Waals surface area contributed by atoms with Crippen LogP contribution < -0.4 is 20.1 Å². The van der Waals surface area contributed by atoms with Crippen LogP contribution in [-0.4, -0.2) is 19.2 Å². The van der Waals surface area contributed by atoms with Gasteiger partial charge < -0.3 is 20.1 Å². The lowest BCUT2D eigenvalue weighted by Gasteiger charge is -2.16. The second-order valence-corrected chi connectivity index (χ2v) is 6.37. The van der Waals surface area contributed by atoms with Crippen LogP contribution in [0.5, 0.6) is 11.5 Å². The fourth-order valence-corrected chi connectivity index (χ4v) is 3.45. The molecule has 0 spiro atoms. The number of carbonyl (C=O) groups is 1. The van der Waals surface area contributed by atoms with Gasteiger partial charge in [0.2, 0.25) is 0 Å². The van der Waals surface area contributed by atoms with Gasteiger partial charge in [-0.2, -0.15) is 13.2 Å². The second kappa shape index (κ2) is 6.68. The largest absolute Gasteiger partial charge is 0.493 e. The third-order valence-electron chi connectivity index (χ3n) is 4.67. The maximum absolute atomic E-state index is 13.0. The van der Waals surface area contributed by atoms with E-state index in [1.807, 2.05) is 6.07 Å². The van der Waals surface area contributed by atoms with Crippen molar-refractivity contribution in [3.05, 3.63) is 52.6 Å². The number of ether oxygens (including phenoxy) is 2. The summed E-state index contributed by atoms with van der Waals surface area (Å²) >= 11 is 0. The van der Waals surface area contributed by atoms with Gasteiger partial charge in [-0.3, -0.25) is 0 Å². The van der Waals surface area contributed by atoms with Crippen LogP contribution in [0, 0.1) is 0 Å². The molecule has 2 heterocycles. The smallest absolute Gasteiger partial charge is 0.418 e. The monoisotopic (exact) mass is 378 g/mol. The first-order valence-electron chi connectivity index (χ1n) is 8.58. The summed E-state index contributed by atoms with van der Waals surface area (Å²) in [5.74, 6) is 1.54. The topological polar surface area (TPSA) is 59.6 Å². The molecule has 142 valence electrons. The van der Waals surface area contributed by atoms with E-state index in [-0.39, 0.29) is 12.2 Å². The molecule has 0 saturated carbocycles. The van der Waals surface area contributed by atoms with Crippen LogP contribution in [0.1, 0.15) is 22.3 Å². The van der Waals surface area contributed by atoms with Crippen molar-refractivity contribution in [3.63, 3.8) is 0 Å². The molecule has 0 aliphatic carbocycles. The summed E-state index contributed by atoms with van der Waals surface area (Å²) in [4.78, 5) is 12.2. The number of hydrogen-bond acceptors (Lipinski definition) is 3. The number of hydrogen-bond donors (Lipinski definition) is 2. The average molecular weight is 378 g/mol. The molecule has 2 aliphatic heterocycles. The van der Waals surface area contributed by atoms with Crippen molar-refractivity contribution >= 4 is 11.7 Å². The van der Waals surface area contributed by atoms with E-state index < -0.39 is 17.8 Å². The van der Waals surface area contributed by atoms with E-state index in [1.165, 1.54) is 18.2 Å². The minimum Gasteiger partial charge on any atom is -0.493 e. The van der Waals surface area contributed by atoms with Crippen molar-refractivity contribution in [2.75, 3.05) is 18.5 Å². The Labute approximate surface area is 153 Å². The van der Waals surface area contributed by atoms with Gasteiger partial charge in [0.25, 0.3) is 0 Å². The summed E-state index contributed by atoms with van der Waals surface area (Å²) in [6.07, 6.45) is -3.07. The number of alkyl halides is 3. The Hall–Kier alpha value is -2.90. The highest BCUT2D eigenvalue weighted by Crippen LogP contribution is 2.40. The Bertz CT molecular complexity index is 864. The molecule has 0 fully saturated rings. The molecule has 0 aromatic heterocycles. The van der Waals surface area contributed by atoms with Gasteiger partial charge in [-0.1, -0.05) is 12.1 Å². The minimum absolute atomic E-state index is 0.148. The van der Waals surface area contributed by atoms with Crippen molar-refractivity contribution in [3.8, 4) is 11.5 Å². The van der Waals surface area contributed by atoms with Crippen LogP contribution in [0.25, 0.3) is 0 Å². The molecule has 27 heavy (non-hydrogen) atoms. The molecule has 2 aromatic carbocycles. The maximum atomic E-state index is 13.0. The minimum atomic E-state index is -4.55. The van der Waals surface area contributed by atoms with Crippen LogP contribution >= 0.6 is 0 Å². The van der Waals surface area contributed by atoms with Crippen LogP contribution in [0.2, 0.25) is 0 Å². The molecule has 2 aromatic rings. The molecule has 5 nitrogen and oxygen atoms in total. The average Bonchev–Trinajstić information content (AvgIpc) is 3.27. The number of amides is 2. The van der Waals surface area contributed by atoms with Crippen molar-refractivity contribution in [2.24, 2.45) is 0 Å². The van der Waals surface area contributed by atoms with E-state index in [0.29, 0.717) is 19.6 Å². The molecule has 4 rings (SSSR count). The van der Waals surface area contributed by atoms with Crippen molar-refractivity contribution in [2.45, 2.75) is 25.6 Å². The van der Waals surface area contributed by atoms with Gasteiger partial charge in [0.05, 0.1) is 24.5 Å². The quantitative estimate of drug-likeness (QED) is 0.852. The van der Waals surface area contributed by atoms with E-state index in [4.69, 9.17) is 9.47 Å². The highest BCUT2D eigenvalue weighted by Gasteiger charge is 2.33. The molecule has 0 unspecified atom stereocenters. The molecule has 2 N–H and O–H groups in total. The number of para-hydroxylation sites is 1. The van der Waals surface area contributed by atoms with Gasteiger partial charge in [0.1, 0.15) is 11.5 Å². The Morgan fingerprint density at radius 2 is 1.89 bits per heavy atom. The molecule has 0 radical (unpaired) electrons. The number of anilines is 1. The highest BCUT2D eigenvalue weighted by molar-refractivity contribution is 5.90. The standard InChI is InChI=1S/C19H17F3N2O3/c20-19(21,22)14-3-1-2-4-15(14)24-18(25)23-10-13-12-6-8-26-16(12)9-11-5-7-27-17(11)13/h1-4,9H,5-8,10H2,(H2,23,24,25). The third-order valence-corrected chi connectivity index (χ3v) is 4.67. The van der Waals surface area contributed by atoms with Gasteiger partial charge in [-0.25, -0.2) is 4.79 Å². The normalized spacial score (nSPS) is 14.8. The number of fused-ring (bicyclic) bond motifs is 2. The van der Waals surface area contributed by atoms with Gasteiger partial charge in [0, 0.05) is 36.1 Å². The summed E-state index contributed by atoms with van der Waals surface area (Å²) in [6.45, 7) is 1.28. The van der Waals surface area contributed by atoms with E-state index >= 15 is 0 Å². The molecule has 0 bridgehead atoms. The van der Waals surface area contributed by atoms with E-state index in [9.17, 15) is 18.0 Å². The van der Waals surface area contributed by atoms with Crippen LogP contribution in [-0.2, 0) is 25.6 Å². The number of halogens is 3. The van der Waals surface area contributed by atoms with Gasteiger partial charge >= 0.3 is 12.2 Å². The lowest BCUT2D eigenvalue weighted by Crippen LogP contribution is -2.29. The van der Waals surface area contributed by atoms with Crippen molar-refractivity contribution in [1.29, 1.82) is 0 Å². The Morgan fingerprint density at radius 1 is 1.11 bits per heavy atom. The lowest BCUT2D eigenvalue weighted by atomic mass is 9.99. The van der Waals surface area contributed by atoms with Crippen LogP contribution in [0.3, 0.4) is 0 Å². The summed E-state index contributed by atoms with van der Waals surface area (Å²) in [6, 6.07) is 6.12. The van der Waals surface area contributed by atoms with E-state index in [0.717, 1.165) is 40.7 Å². The van der Waals surface area contributed by atoms with Gasteiger partial charge in [-0.05, 0) is 18.2 Å². The Morgan fingerprint density at radius 3 is 2.70 bits per heavy atom. The maximum Gasteiger partial charge on any atom is 0.418 e. The molecule has 0 atom stereocenters. The van der Waals surface area contributed by atoms with Crippen LogP contribution in [0.15, 0.2) is 30.3 Å². The number of nitrogens with one attached hydrogen (secondary N) is 2. The zero-order chi connectivity index (χ0) is 19.0. The van der Waals surface area contributed by atoms with Gasteiger partial charge in [0.15, 0.2) is 0 Å². The van der Waals surface area contributed by atoms with Crippen molar-refractivity contribution in [1.82, 2.24) is 5.32 Å². The number of benzene rings is 2. The molecule has 8 heteroatoms. The van der Waals surface area contributed by atoms with E-state index in [2.05, 4.69) is 10.6 Å². The zero-order valence-electron chi connectivity index (χ0n) is 14.3. The Balaban J connectivity index is 1.51.